The fraction of sp³-hybridized carbons (Fsp3) is 0.944. The monoisotopic (exact) mass is 324 g/mol. The van der Waals surface area contributed by atoms with Crippen molar-refractivity contribution in [1.82, 2.24) is 15.1 Å². The van der Waals surface area contributed by atoms with Crippen LogP contribution in [0.1, 0.15) is 40.0 Å². The Morgan fingerprint density at radius 1 is 1.35 bits per heavy atom. The maximum Gasteiger partial charge on any atom is 0.193 e. The van der Waals surface area contributed by atoms with Crippen LogP contribution in [-0.2, 0) is 4.74 Å². The Bertz CT molecular complexity index is 388. The summed E-state index contributed by atoms with van der Waals surface area (Å²) in [6, 6.07) is 0.509. The molecule has 1 N–H and O–H groups in total. The molecule has 0 aromatic rings. The molecule has 2 aliphatic rings. The van der Waals surface area contributed by atoms with Crippen molar-refractivity contribution in [3.63, 3.8) is 0 Å². The first-order valence-electron chi connectivity index (χ1n) is 9.23. The molecule has 2 aliphatic heterocycles. The van der Waals surface area contributed by atoms with E-state index in [1.54, 1.807) is 0 Å². The minimum Gasteiger partial charge on any atom is -0.381 e. The van der Waals surface area contributed by atoms with E-state index in [0.29, 0.717) is 17.4 Å². The quantitative estimate of drug-likeness (QED) is 0.599. The van der Waals surface area contributed by atoms with Gasteiger partial charge >= 0.3 is 0 Å². The molecule has 2 unspecified atom stereocenters. The van der Waals surface area contributed by atoms with Gasteiger partial charge in [-0.1, -0.05) is 13.8 Å². The first-order valence-corrected chi connectivity index (χ1v) is 9.23. The molecule has 1 spiro atoms. The van der Waals surface area contributed by atoms with Gasteiger partial charge in [-0.05, 0) is 46.2 Å². The van der Waals surface area contributed by atoms with Crippen LogP contribution in [0, 0.1) is 11.3 Å². The van der Waals surface area contributed by atoms with Crippen molar-refractivity contribution < 1.29 is 4.74 Å². The molecule has 5 heteroatoms. The minimum absolute atomic E-state index is 0.384. The summed E-state index contributed by atoms with van der Waals surface area (Å²) in [4.78, 5) is 9.73. The van der Waals surface area contributed by atoms with E-state index in [0.717, 1.165) is 45.4 Å². The average molecular weight is 325 g/mol. The molecule has 0 aromatic carbocycles. The summed E-state index contributed by atoms with van der Waals surface area (Å²) in [7, 11) is 4.33. The number of hydrogen-bond acceptors (Lipinski definition) is 3. The first-order chi connectivity index (χ1) is 11.0. The van der Waals surface area contributed by atoms with E-state index >= 15 is 0 Å². The molecular weight excluding hydrogens is 288 g/mol. The van der Waals surface area contributed by atoms with Crippen molar-refractivity contribution in [2.75, 3.05) is 53.5 Å². The highest BCUT2D eigenvalue weighted by molar-refractivity contribution is 5.80. The van der Waals surface area contributed by atoms with Crippen LogP contribution in [0.5, 0.6) is 0 Å². The zero-order valence-electron chi connectivity index (χ0n) is 15.8. The van der Waals surface area contributed by atoms with Gasteiger partial charge in [-0.25, -0.2) is 0 Å². The van der Waals surface area contributed by atoms with Crippen molar-refractivity contribution in [3.8, 4) is 0 Å². The van der Waals surface area contributed by atoms with Crippen molar-refractivity contribution in [2.45, 2.75) is 46.1 Å². The normalized spacial score (nSPS) is 26.7. The number of likely N-dealkylation sites (tertiary alicyclic amines) is 1. The number of guanidine groups is 1. The molecule has 2 heterocycles. The van der Waals surface area contributed by atoms with Crippen LogP contribution in [0.2, 0.25) is 0 Å². The maximum atomic E-state index is 5.65. The van der Waals surface area contributed by atoms with Crippen LogP contribution in [0.15, 0.2) is 4.99 Å². The molecule has 5 nitrogen and oxygen atoms in total. The molecule has 2 atom stereocenters. The van der Waals surface area contributed by atoms with Crippen LogP contribution in [0.3, 0.4) is 0 Å². The SMILES string of the molecule is CCNC(=NCC(CC(C)C)N(C)C)N1CCC2(CCOC2)C1. The number of nitrogens with zero attached hydrogens (tertiary/aromatic N) is 3. The van der Waals surface area contributed by atoms with Gasteiger partial charge in [-0.2, -0.15) is 0 Å². The van der Waals surface area contributed by atoms with Crippen molar-refractivity contribution >= 4 is 5.96 Å². The second-order valence-corrected chi connectivity index (χ2v) is 7.92. The number of rotatable bonds is 6. The molecule has 23 heavy (non-hydrogen) atoms. The summed E-state index contributed by atoms with van der Waals surface area (Å²) in [5.41, 5.74) is 0.384. The van der Waals surface area contributed by atoms with Gasteiger partial charge in [0.25, 0.3) is 0 Å². The summed E-state index contributed by atoms with van der Waals surface area (Å²) in [6.45, 7) is 12.6. The molecule has 2 saturated heterocycles. The summed E-state index contributed by atoms with van der Waals surface area (Å²) < 4.78 is 5.65. The minimum atomic E-state index is 0.384. The lowest BCUT2D eigenvalue weighted by atomic mass is 9.87. The Labute approximate surface area is 142 Å². The van der Waals surface area contributed by atoms with E-state index in [9.17, 15) is 0 Å². The highest BCUT2D eigenvalue weighted by Crippen LogP contribution is 2.38. The van der Waals surface area contributed by atoms with Gasteiger partial charge in [-0.15, -0.1) is 0 Å². The zero-order valence-corrected chi connectivity index (χ0v) is 15.8. The third-order valence-electron chi connectivity index (χ3n) is 5.18. The van der Waals surface area contributed by atoms with E-state index in [1.165, 1.54) is 19.3 Å². The van der Waals surface area contributed by atoms with Crippen molar-refractivity contribution in [1.29, 1.82) is 0 Å². The molecular formula is C18H36N4O. The van der Waals surface area contributed by atoms with Crippen LogP contribution in [-0.4, -0.2) is 75.3 Å². The lowest BCUT2D eigenvalue weighted by Gasteiger charge is -2.27. The fourth-order valence-electron chi connectivity index (χ4n) is 3.70. The van der Waals surface area contributed by atoms with Crippen molar-refractivity contribution in [2.24, 2.45) is 16.3 Å². The second kappa shape index (κ2) is 8.34. The van der Waals surface area contributed by atoms with E-state index < -0.39 is 0 Å². The summed E-state index contributed by atoms with van der Waals surface area (Å²) in [5.74, 6) is 1.79. The lowest BCUT2D eigenvalue weighted by molar-refractivity contribution is 0.156. The molecule has 0 bridgehead atoms. The largest absolute Gasteiger partial charge is 0.381 e. The van der Waals surface area contributed by atoms with E-state index in [1.807, 2.05) is 0 Å². The highest BCUT2D eigenvalue weighted by atomic mass is 16.5. The average Bonchev–Trinajstić information content (AvgIpc) is 3.12. The van der Waals surface area contributed by atoms with Gasteiger partial charge < -0.3 is 19.9 Å². The maximum absolute atomic E-state index is 5.65. The second-order valence-electron chi connectivity index (χ2n) is 7.92. The van der Waals surface area contributed by atoms with E-state index in [-0.39, 0.29) is 0 Å². The Balaban J connectivity index is 1.99. The number of aliphatic imine (C=N–C) groups is 1. The van der Waals surface area contributed by atoms with Crippen LogP contribution in [0.4, 0.5) is 0 Å². The Morgan fingerprint density at radius 2 is 2.13 bits per heavy atom. The Hall–Kier alpha value is -0.810. The third-order valence-corrected chi connectivity index (χ3v) is 5.18. The van der Waals surface area contributed by atoms with Gasteiger partial charge in [0.1, 0.15) is 0 Å². The van der Waals surface area contributed by atoms with Gasteiger partial charge in [0.05, 0.1) is 13.2 Å². The topological polar surface area (TPSA) is 40.1 Å². The van der Waals surface area contributed by atoms with Crippen LogP contribution < -0.4 is 5.32 Å². The summed E-state index contributed by atoms with van der Waals surface area (Å²) in [5, 5.41) is 3.50. The number of ether oxygens (including phenoxy) is 1. The predicted octanol–water partition coefficient (Wildman–Crippen LogP) is 2.04. The van der Waals surface area contributed by atoms with Crippen LogP contribution in [0.25, 0.3) is 0 Å². The predicted molar refractivity (Wildman–Crippen MR) is 97.0 cm³/mol. The third kappa shape index (κ3) is 5.08. The van der Waals surface area contributed by atoms with E-state index in [4.69, 9.17) is 9.73 Å². The molecule has 0 amide bonds. The fourth-order valence-corrected chi connectivity index (χ4v) is 3.70. The smallest absolute Gasteiger partial charge is 0.193 e. The lowest BCUT2D eigenvalue weighted by Crippen LogP contribution is -2.42. The molecule has 0 aliphatic carbocycles. The zero-order chi connectivity index (χ0) is 16.9. The van der Waals surface area contributed by atoms with Gasteiger partial charge in [-0.3, -0.25) is 4.99 Å². The molecule has 0 saturated carbocycles. The number of nitrogens with one attached hydrogen (secondary N) is 1. The first kappa shape index (κ1) is 18.5. The van der Waals surface area contributed by atoms with Gasteiger partial charge in [0.2, 0.25) is 0 Å². The summed E-state index contributed by atoms with van der Waals surface area (Å²) >= 11 is 0. The standard InChI is InChI=1S/C18H36N4O/c1-6-19-17(20-12-16(21(4)5)11-15(2)3)22-9-7-18(13-22)8-10-23-14-18/h15-16H,6-14H2,1-5H3,(H,19,20). The molecule has 0 aromatic heterocycles. The molecule has 134 valence electrons. The Morgan fingerprint density at radius 3 is 2.70 bits per heavy atom. The van der Waals surface area contributed by atoms with Crippen LogP contribution >= 0.6 is 0 Å². The van der Waals surface area contributed by atoms with E-state index in [2.05, 4.69) is 50.0 Å². The molecule has 2 fully saturated rings. The molecule has 0 radical (unpaired) electrons. The number of likely N-dealkylation sites (N-methyl/N-ethyl adjacent to an activating group) is 1. The van der Waals surface area contributed by atoms with Crippen molar-refractivity contribution in [3.05, 3.63) is 0 Å². The molecule has 2 rings (SSSR count). The summed E-state index contributed by atoms with van der Waals surface area (Å²) in [6.07, 6.45) is 3.63. The number of hydrogen-bond donors (Lipinski definition) is 1. The highest BCUT2D eigenvalue weighted by Gasteiger charge is 2.42. The Kier molecular flexibility index (Phi) is 6.72. The van der Waals surface area contributed by atoms with Gasteiger partial charge in [0.15, 0.2) is 5.96 Å². The van der Waals surface area contributed by atoms with Gasteiger partial charge in [0, 0.05) is 37.7 Å².